The molecular weight excluding hydrogens is 308 g/mol. The third-order valence-corrected chi connectivity index (χ3v) is 4.72. The number of H-pyrrole nitrogens is 1. The van der Waals surface area contributed by atoms with Gasteiger partial charge < -0.3 is 4.42 Å². The van der Waals surface area contributed by atoms with Crippen LogP contribution in [0.2, 0.25) is 0 Å². The van der Waals surface area contributed by atoms with Crippen LogP contribution in [0.15, 0.2) is 57.1 Å². The number of rotatable bonds is 3. The van der Waals surface area contributed by atoms with Gasteiger partial charge >= 0.3 is 5.76 Å². The van der Waals surface area contributed by atoms with Crippen LogP contribution < -0.4 is 5.76 Å². The third kappa shape index (κ3) is 2.59. The second kappa shape index (κ2) is 5.52. The van der Waals surface area contributed by atoms with Gasteiger partial charge in [0.2, 0.25) is 0 Å². The van der Waals surface area contributed by atoms with E-state index in [1.165, 1.54) is 5.56 Å². The lowest BCUT2D eigenvalue weighted by Gasteiger charge is -1.99. The molecule has 0 unspecified atom stereocenters. The van der Waals surface area contributed by atoms with E-state index in [9.17, 15) is 4.79 Å². The Morgan fingerprint density at radius 1 is 1.13 bits per heavy atom. The molecule has 114 valence electrons. The highest BCUT2D eigenvalue weighted by Crippen LogP contribution is 2.30. The number of benzene rings is 2. The van der Waals surface area contributed by atoms with Crippen molar-refractivity contribution in [2.75, 3.05) is 0 Å². The Morgan fingerprint density at radius 3 is 2.70 bits per heavy atom. The van der Waals surface area contributed by atoms with E-state index < -0.39 is 5.76 Å². The minimum Gasteiger partial charge on any atom is -0.408 e. The molecule has 0 aliphatic carbocycles. The number of thiazole rings is 1. The molecule has 0 saturated heterocycles. The zero-order valence-corrected chi connectivity index (χ0v) is 13.3. The molecule has 0 amide bonds. The molecule has 2 heterocycles. The molecule has 0 aliphatic heterocycles. The molecule has 0 fully saturated rings. The van der Waals surface area contributed by atoms with Gasteiger partial charge in [-0.25, -0.2) is 9.78 Å². The van der Waals surface area contributed by atoms with Crippen molar-refractivity contribution in [2.45, 2.75) is 13.3 Å². The zero-order chi connectivity index (χ0) is 15.8. The summed E-state index contributed by atoms with van der Waals surface area (Å²) in [5.74, 6) is -0.438. The van der Waals surface area contributed by atoms with Crippen molar-refractivity contribution < 1.29 is 4.42 Å². The standard InChI is InChI=1S/C18H14N2O2S/c1-2-11-3-5-12(6-4-11)17-19-15(10-23-17)13-7-8-14-16(9-13)22-18(21)20-14/h3-10H,2H2,1H3,(H,20,21). The Morgan fingerprint density at radius 2 is 1.91 bits per heavy atom. The van der Waals surface area contributed by atoms with Gasteiger partial charge in [-0.3, -0.25) is 4.98 Å². The molecule has 0 saturated carbocycles. The largest absolute Gasteiger partial charge is 0.417 e. The fraction of sp³-hybridized carbons (Fsp3) is 0.111. The Balaban J connectivity index is 1.71. The van der Waals surface area contributed by atoms with Crippen LogP contribution in [0.5, 0.6) is 0 Å². The number of aromatic nitrogens is 2. The van der Waals surface area contributed by atoms with Gasteiger partial charge in [-0.15, -0.1) is 11.3 Å². The molecule has 0 spiro atoms. The molecule has 2 aromatic carbocycles. The number of nitrogens with zero attached hydrogens (tertiary/aromatic N) is 1. The van der Waals surface area contributed by atoms with E-state index in [0.717, 1.165) is 28.2 Å². The topological polar surface area (TPSA) is 58.9 Å². The number of nitrogens with one attached hydrogen (secondary N) is 1. The quantitative estimate of drug-likeness (QED) is 0.605. The maximum absolute atomic E-state index is 11.2. The van der Waals surface area contributed by atoms with Gasteiger partial charge in [-0.1, -0.05) is 37.3 Å². The molecule has 4 aromatic rings. The van der Waals surface area contributed by atoms with Crippen LogP contribution in [0.3, 0.4) is 0 Å². The third-order valence-electron chi connectivity index (χ3n) is 3.83. The molecule has 5 heteroatoms. The van der Waals surface area contributed by atoms with Crippen molar-refractivity contribution in [3.8, 4) is 21.8 Å². The minimum atomic E-state index is -0.438. The summed E-state index contributed by atoms with van der Waals surface area (Å²) in [4.78, 5) is 18.6. The Hall–Kier alpha value is -2.66. The van der Waals surface area contributed by atoms with Crippen LogP contribution in [0.1, 0.15) is 12.5 Å². The minimum absolute atomic E-state index is 0.438. The molecule has 2 aromatic heterocycles. The van der Waals surface area contributed by atoms with E-state index in [2.05, 4.69) is 36.2 Å². The molecular formula is C18H14N2O2S. The summed E-state index contributed by atoms with van der Waals surface area (Å²) >= 11 is 1.61. The highest BCUT2D eigenvalue weighted by atomic mass is 32.1. The number of aromatic amines is 1. The lowest BCUT2D eigenvalue weighted by molar-refractivity contribution is 0.555. The van der Waals surface area contributed by atoms with Crippen molar-refractivity contribution in [1.82, 2.24) is 9.97 Å². The summed E-state index contributed by atoms with van der Waals surface area (Å²) in [7, 11) is 0. The number of hydrogen-bond donors (Lipinski definition) is 1. The Labute approximate surface area is 136 Å². The molecule has 0 atom stereocenters. The van der Waals surface area contributed by atoms with Crippen LogP contribution in [0.25, 0.3) is 32.9 Å². The highest BCUT2D eigenvalue weighted by molar-refractivity contribution is 7.13. The van der Waals surface area contributed by atoms with Crippen molar-refractivity contribution in [3.05, 3.63) is 64.0 Å². The van der Waals surface area contributed by atoms with Crippen LogP contribution in [-0.2, 0) is 6.42 Å². The maximum atomic E-state index is 11.2. The first-order valence-corrected chi connectivity index (χ1v) is 8.29. The molecule has 0 radical (unpaired) electrons. The van der Waals surface area contributed by atoms with E-state index in [4.69, 9.17) is 9.40 Å². The zero-order valence-electron chi connectivity index (χ0n) is 12.5. The monoisotopic (exact) mass is 322 g/mol. The van der Waals surface area contributed by atoms with E-state index in [0.29, 0.717) is 11.1 Å². The summed E-state index contributed by atoms with van der Waals surface area (Å²) < 4.78 is 5.11. The van der Waals surface area contributed by atoms with Gasteiger partial charge in [0.15, 0.2) is 5.58 Å². The summed E-state index contributed by atoms with van der Waals surface area (Å²) in [6, 6.07) is 14.1. The first kappa shape index (κ1) is 14.0. The summed E-state index contributed by atoms with van der Waals surface area (Å²) in [6.07, 6.45) is 1.03. The van der Waals surface area contributed by atoms with Crippen molar-refractivity contribution >= 4 is 22.4 Å². The first-order valence-electron chi connectivity index (χ1n) is 7.41. The Kier molecular flexibility index (Phi) is 3.35. The number of hydrogen-bond acceptors (Lipinski definition) is 4. The molecule has 4 nitrogen and oxygen atoms in total. The average molecular weight is 322 g/mol. The second-order valence-corrected chi connectivity index (χ2v) is 6.17. The molecule has 23 heavy (non-hydrogen) atoms. The number of aryl methyl sites for hydroxylation is 1. The average Bonchev–Trinajstić information content (AvgIpc) is 3.19. The smallest absolute Gasteiger partial charge is 0.408 e. The fourth-order valence-corrected chi connectivity index (χ4v) is 3.36. The van der Waals surface area contributed by atoms with Crippen molar-refractivity contribution in [1.29, 1.82) is 0 Å². The normalized spacial score (nSPS) is 11.2. The van der Waals surface area contributed by atoms with Gasteiger partial charge in [0.1, 0.15) is 5.01 Å². The van der Waals surface area contributed by atoms with Crippen LogP contribution in [0.4, 0.5) is 0 Å². The van der Waals surface area contributed by atoms with Gasteiger partial charge in [0.05, 0.1) is 11.2 Å². The lowest BCUT2D eigenvalue weighted by Crippen LogP contribution is -1.92. The summed E-state index contributed by atoms with van der Waals surface area (Å²) in [5, 5.41) is 3.01. The van der Waals surface area contributed by atoms with Crippen molar-refractivity contribution in [2.24, 2.45) is 0 Å². The van der Waals surface area contributed by atoms with Gasteiger partial charge in [0, 0.05) is 16.5 Å². The molecule has 4 rings (SSSR count). The first-order chi connectivity index (χ1) is 11.2. The highest BCUT2D eigenvalue weighted by Gasteiger charge is 2.09. The number of fused-ring (bicyclic) bond motifs is 1. The predicted octanol–water partition coefficient (Wildman–Crippen LogP) is 4.47. The van der Waals surface area contributed by atoms with Crippen molar-refractivity contribution in [3.63, 3.8) is 0 Å². The van der Waals surface area contributed by atoms with Gasteiger partial charge in [0.25, 0.3) is 0 Å². The van der Waals surface area contributed by atoms with E-state index >= 15 is 0 Å². The lowest BCUT2D eigenvalue weighted by atomic mass is 10.1. The molecule has 0 aliphatic rings. The van der Waals surface area contributed by atoms with E-state index in [1.807, 2.05) is 23.6 Å². The summed E-state index contributed by atoms with van der Waals surface area (Å²) in [6.45, 7) is 2.14. The molecule has 1 N–H and O–H groups in total. The Bertz CT molecular complexity index is 1030. The van der Waals surface area contributed by atoms with Gasteiger partial charge in [-0.2, -0.15) is 0 Å². The summed E-state index contributed by atoms with van der Waals surface area (Å²) in [5.41, 5.74) is 5.51. The maximum Gasteiger partial charge on any atom is 0.417 e. The molecule has 0 bridgehead atoms. The fourth-order valence-electron chi connectivity index (χ4n) is 2.53. The van der Waals surface area contributed by atoms with Gasteiger partial charge in [-0.05, 0) is 24.1 Å². The second-order valence-electron chi connectivity index (χ2n) is 5.31. The van der Waals surface area contributed by atoms with Crippen LogP contribution in [-0.4, -0.2) is 9.97 Å². The van der Waals surface area contributed by atoms with E-state index in [-0.39, 0.29) is 0 Å². The van der Waals surface area contributed by atoms with Crippen LogP contribution >= 0.6 is 11.3 Å². The number of oxazole rings is 1. The predicted molar refractivity (Wildman–Crippen MR) is 92.8 cm³/mol. The van der Waals surface area contributed by atoms with Crippen LogP contribution in [0, 0.1) is 0 Å². The van der Waals surface area contributed by atoms with E-state index in [1.54, 1.807) is 11.3 Å². The SMILES string of the molecule is CCc1ccc(-c2nc(-c3ccc4[nH]c(=O)oc4c3)cs2)cc1.